The molecule has 2 aromatic heterocycles. The fraction of sp³-hybridized carbons (Fsp3) is 0.133. The number of benzene rings is 3. The first-order valence-corrected chi connectivity index (χ1v) is 17.5. The highest BCUT2D eigenvalue weighted by Gasteiger charge is 2.86. The fourth-order valence-corrected chi connectivity index (χ4v) is 12.1. The van der Waals surface area contributed by atoms with E-state index >= 15 is 8.78 Å². The number of alkyl halides is 9. The Morgan fingerprint density at radius 3 is 1.50 bits per heavy atom. The highest BCUT2D eigenvalue weighted by molar-refractivity contribution is 8.34. The van der Waals surface area contributed by atoms with E-state index in [-0.39, 0.29) is 14.0 Å². The molecular formula is C30H19F9O3S4. The molecule has 46 heavy (non-hydrogen) atoms. The van der Waals surface area contributed by atoms with Crippen LogP contribution in [0.15, 0.2) is 129 Å². The van der Waals surface area contributed by atoms with E-state index in [9.17, 15) is 39.2 Å². The summed E-state index contributed by atoms with van der Waals surface area (Å²) in [6.45, 7) is 0. The van der Waals surface area contributed by atoms with Crippen LogP contribution in [0.25, 0.3) is 20.9 Å². The second kappa shape index (κ2) is 12.0. The summed E-state index contributed by atoms with van der Waals surface area (Å²) < 4.78 is 156. The third-order valence-corrected chi connectivity index (χ3v) is 14.4. The molecule has 3 aromatic carbocycles. The zero-order valence-corrected chi connectivity index (χ0v) is 26.0. The topological polar surface area (TPSA) is 43.4 Å². The van der Waals surface area contributed by atoms with Crippen molar-refractivity contribution in [2.24, 2.45) is 0 Å². The standard InChI is InChI=1S/C30H19F9O3S4/c31-27(32,29(35,36)37)28(33,34)30(38,39)46(40,41)42-45(22-8-3-1-4-9-22,23-10-5-2-6-11-23)26-18-17-25(44-26)21-15-13-20(14-16-21)24-12-7-19-43-24/h1-19H. The maximum absolute atomic E-state index is 15.1. The van der Waals surface area contributed by atoms with Crippen LogP contribution in [0.1, 0.15) is 0 Å². The van der Waals surface area contributed by atoms with Crippen molar-refractivity contribution < 1.29 is 51.6 Å². The molecule has 16 heteroatoms. The van der Waals surface area contributed by atoms with Crippen molar-refractivity contribution in [1.82, 2.24) is 0 Å². The first-order chi connectivity index (χ1) is 21.5. The van der Waals surface area contributed by atoms with Crippen LogP contribution in [0.2, 0.25) is 0 Å². The van der Waals surface area contributed by atoms with Crippen LogP contribution in [0.5, 0.6) is 0 Å². The second-order valence-electron chi connectivity index (χ2n) is 9.54. The number of hydrogen-bond acceptors (Lipinski definition) is 5. The number of halogens is 9. The summed E-state index contributed by atoms with van der Waals surface area (Å²) in [6, 6.07) is 27.0. The van der Waals surface area contributed by atoms with Crippen LogP contribution in [0.3, 0.4) is 0 Å². The molecule has 3 nitrogen and oxygen atoms in total. The lowest BCUT2D eigenvalue weighted by atomic mass is 10.1. The Hall–Kier alpha value is -3.31. The third-order valence-electron chi connectivity index (χ3n) is 6.61. The van der Waals surface area contributed by atoms with Gasteiger partial charge in [-0.1, -0.05) is 66.7 Å². The minimum Gasteiger partial charge on any atom is -0.201 e. The summed E-state index contributed by atoms with van der Waals surface area (Å²) in [6.07, 6.45) is -7.22. The van der Waals surface area contributed by atoms with Crippen LogP contribution in [-0.2, 0) is 13.7 Å². The summed E-state index contributed by atoms with van der Waals surface area (Å²) in [4.78, 5) is 1.14. The van der Waals surface area contributed by atoms with Gasteiger partial charge in [0.05, 0.1) is 4.21 Å². The highest BCUT2D eigenvalue weighted by atomic mass is 32.3. The summed E-state index contributed by atoms with van der Waals surface area (Å²) in [7, 11) is -11.3. The van der Waals surface area contributed by atoms with E-state index in [1.54, 1.807) is 24.3 Å². The van der Waals surface area contributed by atoms with Gasteiger partial charge in [0, 0.05) is 19.5 Å². The van der Waals surface area contributed by atoms with Crippen molar-refractivity contribution in [3.8, 4) is 20.9 Å². The Kier molecular flexibility index (Phi) is 8.91. The van der Waals surface area contributed by atoms with Crippen LogP contribution in [0.4, 0.5) is 39.5 Å². The lowest BCUT2D eigenvalue weighted by molar-refractivity contribution is -0.382. The molecule has 0 N–H and O–H groups in total. The van der Waals surface area contributed by atoms with Gasteiger partial charge in [0.25, 0.3) is 0 Å². The summed E-state index contributed by atoms with van der Waals surface area (Å²) in [5.41, 5.74) is 1.48. The minimum absolute atomic E-state index is 0.104. The number of hydrogen-bond donors (Lipinski definition) is 0. The lowest BCUT2D eigenvalue weighted by Crippen LogP contribution is -2.63. The maximum Gasteiger partial charge on any atom is 0.460 e. The van der Waals surface area contributed by atoms with Gasteiger partial charge in [-0.2, -0.15) is 47.9 Å². The molecule has 0 saturated heterocycles. The van der Waals surface area contributed by atoms with Crippen molar-refractivity contribution in [3.05, 3.63) is 115 Å². The molecule has 0 aliphatic heterocycles. The van der Waals surface area contributed by atoms with Gasteiger partial charge in [-0.05, 0) is 69.3 Å². The van der Waals surface area contributed by atoms with Crippen LogP contribution >= 0.6 is 33.0 Å². The maximum atomic E-state index is 15.1. The van der Waals surface area contributed by atoms with Crippen LogP contribution in [0, 0.1) is 0 Å². The molecule has 0 saturated carbocycles. The van der Waals surface area contributed by atoms with E-state index in [1.165, 1.54) is 84.1 Å². The Bertz CT molecular complexity index is 1850. The molecule has 244 valence electrons. The van der Waals surface area contributed by atoms with Gasteiger partial charge < -0.3 is 0 Å². The van der Waals surface area contributed by atoms with E-state index in [0.717, 1.165) is 21.8 Å². The number of thiophene rings is 2. The Morgan fingerprint density at radius 1 is 0.543 bits per heavy atom. The molecule has 5 aromatic rings. The molecule has 0 aliphatic rings. The first kappa shape index (κ1) is 34.0. The largest absolute Gasteiger partial charge is 0.460 e. The number of rotatable bonds is 10. The van der Waals surface area contributed by atoms with Crippen LogP contribution < -0.4 is 0 Å². The second-order valence-corrected chi connectivity index (χ2v) is 16.3. The van der Waals surface area contributed by atoms with Gasteiger partial charge in [0.2, 0.25) is 0 Å². The summed E-state index contributed by atoms with van der Waals surface area (Å²) in [5, 5.41) is -5.15. The molecule has 5 rings (SSSR count). The van der Waals surface area contributed by atoms with E-state index in [4.69, 9.17) is 3.63 Å². The smallest absolute Gasteiger partial charge is 0.201 e. The van der Waals surface area contributed by atoms with Gasteiger partial charge in [0.15, 0.2) is 0 Å². The van der Waals surface area contributed by atoms with E-state index in [2.05, 4.69) is 0 Å². The predicted octanol–water partition coefficient (Wildman–Crippen LogP) is 11.1. The van der Waals surface area contributed by atoms with Gasteiger partial charge in [-0.3, -0.25) is 0 Å². The lowest BCUT2D eigenvalue weighted by Gasteiger charge is -2.40. The van der Waals surface area contributed by atoms with Crippen molar-refractivity contribution in [2.75, 3.05) is 0 Å². The molecule has 0 bridgehead atoms. The van der Waals surface area contributed by atoms with Crippen molar-refractivity contribution >= 4 is 43.1 Å². The van der Waals surface area contributed by atoms with Gasteiger partial charge >= 0.3 is 33.4 Å². The van der Waals surface area contributed by atoms with Crippen molar-refractivity contribution in [1.29, 1.82) is 0 Å². The third kappa shape index (κ3) is 5.63. The predicted molar refractivity (Wildman–Crippen MR) is 159 cm³/mol. The molecular weight excluding hydrogens is 708 g/mol. The molecule has 0 amide bonds. The Labute approximate surface area is 266 Å². The van der Waals surface area contributed by atoms with Gasteiger partial charge in [0.1, 0.15) is 0 Å². The average molecular weight is 727 g/mol. The Balaban J connectivity index is 1.69. The monoisotopic (exact) mass is 726 g/mol. The van der Waals surface area contributed by atoms with Gasteiger partial charge in [-0.25, -0.2) is 3.63 Å². The molecule has 0 spiro atoms. The average Bonchev–Trinajstić information content (AvgIpc) is 3.74. The SMILES string of the molecule is O=S(=O)(OS(c1ccccc1)(c1ccccc1)c1ccc(-c2ccc(-c3cccs3)cc2)s1)C(F)(F)C(F)(F)C(F)(F)C(F)(F)F. The summed E-state index contributed by atoms with van der Waals surface area (Å²) in [5.74, 6) is -14.9. The molecule has 0 atom stereocenters. The molecule has 0 radical (unpaired) electrons. The normalized spacial score (nSPS) is 13.9. The first-order valence-electron chi connectivity index (χ1n) is 12.8. The molecule has 2 heterocycles. The summed E-state index contributed by atoms with van der Waals surface area (Å²) >= 11 is 2.34. The van der Waals surface area contributed by atoms with E-state index < -0.39 is 43.7 Å². The molecule has 0 aliphatic carbocycles. The van der Waals surface area contributed by atoms with E-state index in [0.29, 0.717) is 10.4 Å². The molecule has 0 unspecified atom stereocenters. The van der Waals surface area contributed by atoms with Crippen molar-refractivity contribution in [2.45, 2.75) is 37.3 Å². The molecule has 0 fully saturated rings. The van der Waals surface area contributed by atoms with Gasteiger partial charge in [-0.15, -0.1) is 22.7 Å². The quantitative estimate of drug-likeness (QED) is 0.135. The zero-order chi connectivity index (χ0) is 33.6. The highest BCUT2D eigenvalue weighted by Crippen LogP contribution is 2.73. The van der Waals surface area contributed by atoms with Crippen molar-refractivity contribution in [3.63, 3.8) is 0 Å². The minimum atomic E-state index is -7.46. The van der Waals surface area contributed by atoms with E-state index in [1.807, 2.05) is 17.5 Å². The zero-order valence-electron chi connectivity index (χ0n) is 22.7. The fourth-order valence-electron chi connectivity index (χ4n) is 4.27. The Morgan fingerprint density at radius 2 is 1.04 bits per heavy atom. The van der Waals surface area contributed by atoms with Crippen LogP contribution in [-0.4, -0.2) is 31.7 Å².